The van der Waals surface area contributed by atoms with Crippen LogP contribution in [0.3, 0.4) is 0 Å². The van der Waals surface area contributed by atoms with Gasteiger partial charge in [-0.15, -0.1) is 0 Å². The number of nitrogens with zero attached hydrogens (tertiary/aromatic N) is 2. The van der Waals surface area contributed by atoms with Crippen LogP contribution in [0.15, 0.2) is 48.7 Å². The van der Waals surface area contributed by atoms with Crippen LogP contribution in [-0.4, -0.2) is 16.7 Å². The average molecular weight is 290 g/mol. The average Bonchev–Trinajstić information content (AvgIpc) is 2.99. The number of benzene rings is 2. The number of hydrogen-bond donors (Lipinski definition) is 0. The van der Waals surface area contributed by atoms with Gasteiger partial charge in [0, 0.05) is 23.9 Å². The van der Waals surface area contributed by atoms with Crippen LogP contribution in [0.5, 0.6) is 5.75 Å². The summed E-state index contributed by atoms with van der Waals surface area (Å²) in [7, 11) is 1.70. The first kappa shape index (κ1) is 13.1. The number of ether oxygens (including phenoxy) is 1. The second-order valence-electron chi connectivity index (χ2n) is 5.73. The number of aromatic nitrogens is 2. The summed E-state index contributed by atoms with van der Waals surface area (Å²) in [5.74, 6) is 1.92. The van der Waals surface area contributed by atoms with E-state index in [0.29, 0.717) is 0 Å². The number of fused-ring (bicyclic) bond motifs is 3. The second-order valence-corrected chi connectivity index (χ2v) is 5.73. The third kappa shape index (κ3) is 2.01. The van der Waals surface area contributed by atoms with Crippen LogP contribution in [0, 0.1) is 6.92 Å². The van der Waals surface area contributed by atoms with E-state index in [0.717, 1.165) is 30.2 Å². The van der Waals surface area contributed by atoms with Crippen molar-refractivity contribution in [3.05, 3.63) is 59.8 Å². The van der Waals surface area contributed by atoms with Crippen LogP contribution in [0.1, 0.15) is 11.1 Å². The maximum atomic E-state index is 5.37. The Kier molecular flexibility index (Phi) is 3.00. The van der Waals surface area contributed by atoms with Gasteiger partial charge >= 0.3 is 0 Å². The Labute approximate surface area is 130 Å². The molecule has 0 radical (unpaired) electrons. The van der Waals surface area contributed by atoms with Crippen molar-refractivity contribution >= 4 is 0 Å². The van der Waals surface area contributed by atoms with Gasteiger partial charge in [0.25, 0.3) is 0 Å². The summed E-state index contributed by atoms with van der Waals surface area (Å²) in [4.78, 5) is 4.91. The molecule has 1 aromatic heterocycles. The summed E-state index contributed by atoms with van der Waals surface area (Å²) in [6, 6.07) is 14.7. The van der Waals surface area contributed by atoms with Gasteiger partial charge in [-0.3, -0.25) is 0 Å². The summed E-state index contributed by atoms with van der Waals surface area (Å²) in [5.41, 5.74) is 6.03. The molecule has 0 saturated carbocycles. The molecule has 0 saturated heterocycles. The van der Waals surface area contributed by atoms with Crippen molar-refractivity contribution in [1.82, 2.24) is 9.55 Å². The van der Waals surface area contributed by atoms with Crippen LogP contribution in [0.4, 0.5) is 0 Å². The Morgan fingerprint density at radius 2 is 1.95 bits per heavy atom. The van der Waals surface area contributed by atoms with E-state index in [4.69, 9.17) is 9.72 Å². The van der Waals surface area contributed by atoms with E-state index in [-0.39, 0.29) is 0 Å². The third-order valence-electron chi connectivity index (χ3n) is 4.38. The highest BCUT2D eigenvalue weighted by molar-refractivity contribution is 5.71. The van der Waals surface area contributed by atoms with E-state index in [1.165, 1.54) is 22.3 Å². The van der Waals surface area contributed by atoms with E-state index in [1.54, 1.807) is 7.11 Å². The molecule has 0 unspecified atom stereocenters. The zero-order valence-electron chi connectivity index (χ0n) is 12.8. The molecule has 1 aliphatic heterocycles. The van der Waals surface area contributed by atoms with Gasteiger partial charge in [-0.1, -0.05) is 30.3 Å². The van der Waals surface area contributed by atoms with Crippen molar-refractivity contribution in [2.75, 3.05) is 7.11 Å². The summed E-state index contributed by atoms with van der Waals surface area (Å²) in [5, 5.41) is 0. The maximum Gasteiger partial charge on any atom is 0.141 e. The normalized spacial score (nSPS) is 12.6. The van der Waals surface area contributed by atoms with Gasteiger partial charge in [0.15, 0.2) is 0 Å². The minimum Gasteiger partial charge on any atom is -0.497 e. The predicted octanol–water partition coefficient (Wildman–Crippen LogP) is 4.09. The van der Waals surface area contributed by atoms with E-state index in [9.17, 15) is 0 Å². The topological polar surface area (TPSA) is 27.1 Å². The quantitative estimate of drug-likeness (QED) is 0.711. The van der Waals surface area contributed by atoms with Crippen molar-refractivity contribution in [2.24, 2.45) is 0 Å². The van der Waals surface area contributed by atoms with Crippen LogP contribution in [0.25, 0.3) is 22.6 Å². The van der Waals surface area contributed by atoms with Crippen LogP contribution < -0.4 is 4.74 Å². The second kappa shape index (κ2) is 5.02. The fourth-order valence-corrected chi connectivity index (χ4v) is 3.14. The number of methoxy groups -OCH3 is 1. The highest BCUT2D eigenvalue weighted by atomic mass is 16.5. The lowest BCUT2D eigenvalue weighted by molar-refractivity contribution is 0.414. The largest absolute Gasteiger partial charge is 0.497 e. The molecular formula is C19H18N2O. The van der Waals surface area contributed by atoms with Crippen LogP contribution in [0.2, 0.25) is 0 Å². The molecule has 0 spiro atoms. The Hall–Kier alpha value is -2.55. The van der Waals surface area contributed by atoms with Gasteiger partial charge in [-0.2, -0.15) is 0 Å². The van der Waals surface area contributed by atoms with E-state index in [1.807, 2.05) is 6.07 Å². The van der Waals surface area contributed by atoms with Gasteiger partial charge in [0.2, 0.25) is 0 Å². The lowest BCUT2D eigenvalue weighted by Crippen LogP contribution is -2.10. The van der Waals surface area contributed by atoms with Gasteiger partial charge in [-0.05, 0) is 36.6 Å². The molecule has 0 amide bonds. The van der Waals surface area contributed by atoms with E-state index < -0.39 is 0 Å². The Morgan fingerprint density at radius 3 is 2.77 bits per heavy atom. The predicted molar refractivity (Wildman–Crippen MR) is 88.1 cm³/mol. The minimum atomic E-state index is 0.882. The fourth-order valence-electron chi connectivity index (χ4n) is 3.14. The minimum absolute atomic E-state index is 0.882. The molecule has 1 aliphatic rings. The highest BCUT2D eigenvalue weighted by Crippen LogP contribution is 2.34. The Balaban J connectivity index is 1.87. The van der Waals surface area contributed by atoms with Crippen LogP contribution >= 0.6 is 0 Å². The van der Waals surface area contributed by atoms with Crippen molar-refractivity contribution in [2.45, 2.75) is 19.9 Å². The smallest absolute Gasteiger partial charge is 0.141 e. The molecule has 110 valence electrons. The first-order valence-corrected chi connectivity index (χ1v) is 7.57. The molecular weight excluding hydrogens is 272 g/mol. The summed E-state index contributed by atoms with van der Waals surface area (Å²) in [6.07, 6.45) is 3.20. The highest BCUT2D eigenvalue weighted by Gasteiger charge is 2.20. The van der Waals surface area contributed by atoms with Gasteiger partial charge in [0.1, 0.15) is 11.6 Å². The molecule has 3 nitrogen and oxygen atoms in total. The zero-order chi connectivity index (χ0) is 15.1. The molecule has 0 aliphatic carbocycles. The lowest BCUT2D eigenvalue weighted by atomic mass is 10.0. The standard InChI is InChI=1S/C19H18N2O/c1-13-5-3-4-6-16(13)18-12-21-10-9-14-7-8-15(22-2)11-17(14)19(21)20-18/h3-8,11-12H,9-10H2,1-2H3. The summed E-state index contributed by atoms with van der Waals surface area (Å²) in [6.45, 7) is 3.11. The summed E-state index contributed by atoms with van der Waals surface area (Å²) >= 11 is 0. The molecule has 0 atom stereocenters. The molecule has 3 aromatic rings. The van der Waals surface area contributed by atoms with Gasteiger partial charge in [0.05, 0.1) is 12.8 Å². The molecule has 4 rings (SSSR count). The lowest BCUT2D eigenvalue weighted by Gasteiger charge is -2.18. The van der Waals surface area contributed by atoms with Crippen molar-refractivity contribution < 1.29 is 4.74 Å². The molecule has 0 fully saturated rings. The molecule has 0 N–H and O–H groups in total. The van der Waals surface area contributed by atoms with E-state index >= 15 is 0 Å². The molecule has 3 heteroatoms. The molecule has 2 heterocycles. The van der Waals surface area contributed by atoms with Crippen molar-refractivity contribution in [3.8, 4) is 28.4 Å². The number of rotatable bonds is 2. The van der Waals surface area contributed by atoms with Gasteiger partial charge < -0.3 is 9.30 Å². The molecule has 0 bridgehead atoms. The molecule has 2 aromatic carbocycles. The van der Waals surface area contributed by atoms with Crippen molar-refractivity contribution in [3.63, 3.8) is 0 Å². The fraction of sp³-hybridized carbons (Fsp3) is 0.211. The molecule has 22 heavy (non-hydrogen) atoms. The number of hydrogen-bond acceptors (Lipinski definition) is 2. The monoisotopic (exact) mass is 290 g/mol. The van der Waals surface area contributed by atoms with Crippen LogP contribution in [-0.2, 0) is 13.0 Å². The summed E-state index contributed by atoms with van der Waals surface area (Å²) < 4.78 is 7.62. The number of aryl methyl sites for hydroxylation is 3. The Bertz CT molecular complexity index is 848. The third-order valence-corrected chi connectivity index (χ3v) is 4.38. The van der Waals surface area contributed by atoms with Crippen molar-refractivity contribution in [1.29, 1.82) is 0 Å². The Morgan fingerprint density at radius 1 is 1.09 bits per heavy atom. The first-order valence-electron chi connectivity index (χ1n) is 7.57. The maximum absolute atomic E-state index is 5.37. The first-order chi connectivity index (χ1) is 10.8. The van der Waals surface area contributed by atoms with Gasteiger partial charge in [-0.25, -0.2) is 4.98 Å². The zero-order valence-corrected chi connectivity index (χ0v) is 12.8. The van der Waals surface area contributed by atoms with E-state index in [2.05, 4.69) is 54.1 Å². The SMILES string of the molecule is COc1ccc2c(c1)-c1nc(-c3ccccc3C)cn1CC2. The number of imidazole rings is 1.